The van der Waals surface area contributed by atoms with Crippen molar-refractivity contribution >= 4 is 5.82 Å². The van der Waals surface area contributed by atoms with E-state index in [-0.39, 0.29) is 26.8 Å². The molecule has 0 aromatic carbocycles. The number of nitrogens with zero attached hydrogens (tertiary/aromatic N) is 2. The van der Waals surface area contributed by atoms with Crippen LogP contribution in [0, 0.1) is 6.92 Å². The van der Waals surface area contributed by atoms with Crippen molar-refractivity contribution in [2.24, 2.45) is 0 Å². The third kappa shape index (κ3) is 4.53. The van der Waals surface area contributed by atoms with Gasteiger partial charge in [0, 0.05) is 39.4 Å². The Morgan fingerprint density at radius 1 is 1.10 bits per heavy atom. The van der Waals surface area contributed by atoms with Gasteiger partial charge in [-0.05, 0) is 6.92 Å². The van der Waals surface area contributed by atoms with E-state index in [1.807, 2.05) is 25.9 Å². The zero-order valence-corrected chi connectivity index (χ0v) is 13.3. The highest BCUT2D eigenvalue weighted by Crippen LogP contribution is 2.32. The first-order valence-corrected chi connectivity index (χ1v) is 6.55. The summed E-state index contributed by atoms with van der Waals surface area (Å²) in [5.74, 6) is 1.26. The summed E-state index contributed by atoms with van der Waals surface area (Å²) in [5.41, 5.74) is 2.12. The average molecular weight is 300 g/mol. The number of ether oxygens (including phenoxy) is 4. The lowest BCUT2D eigenvalue weighted by atomic mass is 10.1. The molecule has 0 fully saturated rings. The second-order valence-electron chi connectivity index (χ2n) is 4.67. The number of hydrogen-bond donors (Lipinski definition) is 1. The summed E-state index contributed by atoms with van der Waals surface area (Å²) in [7, 11) is 6.87. The van der Waals surface area contributed by atoms with Gasteiger partial charge in [0.25, 0.3) is 0 Å². The van der Waals surface area contributed by atoms with Crippen LogP contribution in [-0.4, -0.2) is 52.0 Å². The Bertz CT molecular complexity index is 451. The van der Waals surface area contributed by atoms with Crippen LogP contribution >= 0.6 is 0 Å². The molecule has 0 unspecified atom stereocenters. The second kappa shape index (κ2) is 8.78. The van der Waals surface area contributed by atoms with Crippen LogP contribution in [0.15, 0.2) is 0 Å². The van der Waals surface area contributed by atoms with E-state index in [1.165, 1.54) is 7.11 Å². The fourth-order valence-corrected chi connectivity index (χ4v) is 1.99. The molecule has 120 valence electrons. The molecule has 7 heteroatoms. The van der Waals surface area contributed by atoms with Crippen LogP contribution in [0.3, 0.4) is 0 Å². The summed E-state index contributed by atoms with van der Waals surface area (Å²) in [6.07, 6.45) is 0. The van der Waals surface area contributed by atoms with E-state index < -0.39 is 0 Å². The smallest absolute Gasteiger partial charge is 0.188 e. The summed E-state index contributed by atoms with van der Waals surface area (Å²) in [4.78, 5) is 6.40. The summed E-state index contributed by atoms with van der Waals surface area (Å²) >= 11 is 0. The van der Waals surface area contributed by atoms with Crippen molar-refractivity contribution < 1.29 is 24.1 Å². The fourth-order valence-electron chi connectivity index (χ4n) is 1.99. The predicted molar refractivity (Wildman–Crippen MR) is 78.4 cm³/mol. The molecule has 0 aliphatic heterocycles. The van der Waals surface area contributed by atoms with E-state index >= 15 is 0 Å². The van der Waals surface area contributed by atoms with Gasteiger partial charge >= 0.3 is 0 Å². The van der Waals surface area contributed by atoms with Gasteiger partial charge in [-0.2, -0.15) is 0 Å². The number of hydrogen-bond acceptors (Lipinski definition) is 7. The van der Waals surface area contributed by atoms with Crippen LogP contribution in [-0.2, 0) is 27.4 Å². The molecule has 0 spiro atoms. The maximum absolute atomic E-state index is 9.73. The molecule has 1 aromatic heterocycles. The number of aryl methyl sites for hydroxylation is 1. The molecule has 0 bridgehead atoms. The van der Waals surface area contributed by atoms with E-state index in [0.717, 1.165) is 11.4 Å². The number of pyridine rings is 1. The Morgan fingerprint density at radius 3 is 2.29 bits per heavy atom. The number of anilines is 1. The normalized spacial score (nSPS) is 10.8. The Balaban J connectivity index is 3.24. The molecule has 0 saturated heterocycles. The van der Waals surface area contributed by atoms with Crippen LogP contribution in [0.25, 0.3) is 0 Å². The van der Waals surface area contributed by atoms with Gasteiger partial charge in [0.2, 0.25) is 0 Å². The largest absolute Gasteiger partial charge is 0.465 e. The van der Waals surface area contributed by atoms with Crippen LogP contribution in [0.1, 0.15) is 16.8 Å². The van der Waals surface area contributed by atoms with Crippen LogP contribution in [0.5, 0.6) is 5.75 Å². The Morgan fingerprint density at radius 2 is 1.76 bits per heavy atom. The lowest BCUT2D eigenvalue weighted by Crippen LogP contribution is -2.18. The van der Waals surface area contributed by atoms with Crippen molar-refractivity contribution in [1.29, 1.82) is 0 Å². The Labute approximate surface area is 125 Å². The van der Waals surface area contributed by atoms with E-state index in [1.54, 1.807) is 7.11 Å². The number of aliphatic hydroxyl groups is 1. The monoisotopic (exact) mass is 300 g/mol. The topological polar surface area (TPSA) is 73.3 Å². The van der Waals surface area contributed by atoms with Gasteiger partial charge in [-0.15, -0.1) is 0 Å². The molecule has 1 aromatic rings. The first-order valence-electron chi connectivity index (χ1n) is 6.55. The van der Waals surface area contributed by atoms with Crippen molar-refractivity contribution in [3.05, 3.63) is 16.8 Å². The third-order valence-electron chi connectivity index (χ3n) is 2.86. The first-order chi connectivity index (χ1) is 10.1. The predicted octanol–water partition coefficient (Wildman–Crippen LogP) is 1.05. The molecule has 7 nitrogen and oxygen atoms in total. The molecule has 0 amide bonds. The highest BCUT2D eigenvalue weighted by atomic mass is 16.7. The SMILES string of the molecule is COCOCc1c(N(C)C)nc(C)c(OCOC)c1CO. The van der Waals surface area contributed by atoms with Crippen molar-refractivity contribution in [3.63, 3.8) is 0 Å². The average Bonchev–Trinajstić information content (AvgIpc) is 2.46. The van der Waals surface area contributed by atoms with Crippen molar-refractivity contribution in [2.45, 2.75) is 20.1 Å². The Hall–Kier alpha value is -1.41. The molecule has 0 radical (unpaired) electrons. The first kappa shape index (κ1) is 17.6. The molecule has 1 N–H and O–H groups in total. The van der Waals surface area contributed by atoms with Crippen LogP contribution in [0.2, 0.25) is 0 Å². The van der Waals surface area contributed by atoms with Crippen molar-refractivity contribution in [3.8, 4) is 5.75 Å². The van der Waals surface area contributed by atoms with Gasteiger partial charge in [0.1, 0.15) is 18.4 Å². The molecule has 0 saturated carbocycles. The van der Waals surface area contributed by atoms with E-state index in [9.17, 15) is 5.11 Å². The van der Waals surface area contributed by atoms with E-state index in [4.69, 9.17) is 18.9 Å². The van der Waals surface area contributed by atoms with Gasteiger partial charge in [0.05, 0.1) is 18.9 Å². The lowest BCUT2D eigenvalue weighted by Gasteiger charge is -2.22. The summed E-state index contributed by atoms with van der Waals surface area (Å²) in [5, 5.41) is 9.73. The fraction of sp³-hybridized carbons (Fsp3) is 0.643. The van der Waals surface area contributed by atoms with E-state index in [2.05, 4.69) is 4.98 Å². The minimum absolute atomic E-state index is 0.0925. The van der Waals surface area contributed by atoms with Gasteiger partial charge < -0.3 is 29.0 Å². The minimum Gasteiger partial charge on any atom is -0.465 e. The van der Waals surface area contributed by atoms with Gasteiger partial charge in [-0.3, -0.25) is 0 Å². The highest BCUT2D eigenvalue weighted by molar-refractivity contribution is 5.56. The third-order valence-corrected chi connectivity index (χ3v) is 2.86. The van der Waals surface area contributed by atoms with Gasteiger partial charge in [-0.1, -0.05) is 0 Å². The molecule has 0 atom stereocenters. The van der Waals surface area contributed by atoms with Crippen LogP contribution in [0.4, 0.5) is 5.82 Å². The maximum atomic E-state index is 9.73. The summed E-state index contributed by atoms with van der Waals surface area (Å²) in [6.45, 7) is 2.19. The molecule has 21 heavy (non-hydrogen) atoms. The summed E-state index contributed by atoms with van der Waals surface area (Å²) in [6, 6.07) is 0. The van der Waals surface area contributed by atoms with Gasteiger partial charge in [-0.25, -0.2) is 4.98 Å². The molecule has 0 aliphatic rings. The molecular formula is C14H24N2O5. The zero-order valence-electron chi connectivity index (χ0n) is 13.3. The zero-order chi connectivity index (χ0) is 15.8. The van der Waals surface area contributed by atoms with Crippen molar-refractivity contribution in [1.82, 2.24) is 4.98 Å². The quantitative estimate of drug-likeness (QED) is 0.540. The molecule has 1 heterocycles. The van der Waals surface area contributed by atoms with Crippen molar-refractivity contribution in [2.75, 3.05) is 46.8 Å². The minimum atomic E-state index is -0.172. The number of aliphatic hydroxyl groups excluding tert-OH is 1. The lowest BCUT2D eigenvalue weighted by molar-refractivity contribution is -0.0395. The van der Waals surface area contributed by atoms with Gasteiger partial charge in [0.15, 0.2) is 6.79 Å². The summed E-state index contributed by atoms with van der Waals surface area (Å²) < 4.78 is 20.8. The maximum Gasteiger partial charge on any atom is 0.188 e. The standard InChI is InChI=1S/C14H24N2O5/c1-10-13(21-9-19-5)11(6-17)12(7-20-8-18-4)14(15-10)16(2)3/h17H,6-9H2,1-5H3. The highest BCUT2D eigenvalue weighted by Gasteiger charge is 2.20. The second-order valence-corrected chi connectivity index (χ2v) is 4.67. The van der Waals surface area contributed by atoms with E-state index in [0.29, 0.717) is 17.0 Å². The number of rotatable bonds is 9. The number of methoxy groups -OCH3 is 2. The Kier molecular flexibility index (Phi) is 7.38. The van der Waals surface area contributed by atoms with Crippen LogP contribution < -0.4 is 9.64 Å². The molecule has 0 aliphatic carbocycles. The molecule has 1 rings (SSSR count). The number of aromatic nitrogens is 1. The molecular weight excluding hydrogens is 276 g/mol.